The van der Waals surface area contributed by atoms with Crippen molar-refractivity contribution in [1.82, 2.24) is 0 Å². The Balaban J connectivity index is 1.47. The summed E-state index contributed by atoms with van der Waals surface area (Å²) in [5, 5.41) is 1.63. The van der Waals surface area contributed by atoms with Gasteiger partial charge in [0.25, 0.3) is 0 Å². The molecule has 0 saturated heterocycles. The standard InChI is InChI=1S/C35H23NO4/c1-35(2)23-11-4-6-13-25(23)36(26-14-7-5-12-24(26)35)27-15-9-17-29-32(27)34(38)22-18-21-30(19-31(22)40-29)39-28-16-8-3-10-20(28)33(21)37/h3-19H,1-2H3. The van der Waals surface area contributed by atoms with E-state index in [9.17, 15) is 9.59 Å². The first kappa shape index (κ1) is 22.8. The molecule has 5 nitrogen and oxygen atoms in total. The van der Waals surface area contributed by atoms with Crippen LogP contribution in [0.4, 0.5) is 17.1 Å². The summed E-state index contributed by atoms with van der Waals surface area (Å²) < 4.78 is 12.4. The van der Waals surface area contributed by atoms with Crippen LogP contribution in [0.1, 0.15) is 25.0 Å². The van der Waals surface area contributed by atoms with Crippen LogP contribution in [0.25, 0.3) is 43.9 Å². The van der Waals surface area contributed by atoms with Crippen LogP contribution in [0.15, 0.2) is 122 Å². The Labute approximate surface area is 228 Å². The summed E-state index contributed by atoms with van der Waals surface area (Å²) in [5.41, 5.74) is 6.25. The molecule has 0 atom stereocenters. The van der Waals surface area contributed by atoms with Crippen molar-refractivity contribution in [1.29, 1.82) is 0 Å². The molecule has 0 amide bonds. The second-order valence-corrected chi connectivity index (χ2v) is 10.8. The Morgan fingerprint density at radius 2 is 1.07 bits per heavy atom. The minimum atomic E-state index is -0.221. The van der Waals surface area contributed by atoms with E-state index in [-0.39, 0.29) is 16.3 Å². The molecule has 5 aromatic carbocycles. The van der Waals surface area contributed by atoms with Crippen LogP contribution >= 0.6 is 0 Å². The zero-order chi connectivity index (χ0) is 27.2. The first-order chi connectivity index (χ1) is 19.4. The molecule has 0 unspecified atom stereocenters. The third-order valence-corrected chi connectivity index (χ3v) is 8.25. The second kappa shape index (κ2) is 7.93. The van der Waals surface area contributed by atoms with E-state index in [1.165, 1.54) is 11.1 Å². The maximum Gasteiger partial charge on any atom is 0.202 e. The van der Waals surface area contributed by atoms with Crippen molar-refractivity contribution >= 4 is 60.9 Å². The largest absolute Gasteiger partial charge is 0.456 e. The van der Waals surface area contributed by atoms with Crippen molar-refractivity contribution in [3.63, 3.8) is 0 Å². The summed E-state index contributed by atoms with van der Waals surface area (Å²) >= 11 is 0. The van der Waals surface area contributed by atoms with Crippen molar-refractivity contribution in [3.8, 4) is 0 Å². The van der Waals surface area contributed by atoms with E-state index in [4.69, 9.17) is 8.83 Å². The van der Waals surface area contributed by atoms with Crippen LogP contribution in [0, 0.1) is 0 Å². The van der Waals surface area contributed by atoms with Crippen molar-refractivity contribution in [3.05, 3.63) is 135 Å². The zero-order valence-electron chi connectivity index (χ0n) is 21.9. The second-order valence-electron chi connectivity index (χ2n) is 10.8. The number of fused-ring (bicyclic) bond motifs is 6. The van der Waals surface area contributed by atoms with Gasteiger partial charge in [-0.2, -0.15) is 0 Å². The highest BCUT2D eigenvalue weighted by molar-refractivity contribution is 6.05. The Morgan fingerprint density at radius 1 is 0.525 bits per heavy atom. The maximum absolute atomic E-state index is 14.3. The predicted molar refractivity (Wildman–Crippen MR) is 160 cm³/mol. The van der Waals surface area contributed by atoms with Gasteiger partial charge in [-0.05, 0) is 53.6 Å². The van der Waals surface area contributed by atoms with Crippen LogP contribution < -0.4 is 15.8 Å². The van der Waals surface area contributed by atoms with Crippen LogP contribution in [0.3, 0.4) is 0 Å². The Hall–Kier alpha value is -5.16. The van der Waals surface area contributed by atoms with Gasteiger partial charge in [-0.3, -0.25) is 9.59 Å². The van der Waals surface area contributed by atoms with Crippen LogP contribution in [0.5, 0.6) is 0 Å². The zero-order valence-corrected chi connectivity index (χ0v) is 21.9. The molecule has 2 aromatic heterocycles. The highest BCUT2D eigenvalue weighted by Crippen LogP contribution is 2.52. The molecule has 0 N–H and O–H groups in total. The number of rotatable bonds is 1. The molecule has 0 radical (unpaired) electrons. The lowest BCUT2D eigenvalue weighted by molar-refractivity contribution is 0.632. The van der Waals surface area contributed by atoms with Gasteiger partial charge in [0.15, 0.2) is 0 Å². The molecule has 1 aliphatic rings. The van der Waals surface area contributed by atoms with Gasteiger partial charge < -0.3 is 13.7 Å². The highest BCUT2D eigenvalue weighted by Gasteiger charge is 2.37. The lowest BCUT2D eigenvalue weighted by Crippen LogP contribution is -2.30. The van der Waals surface area contributed by atoms with E-state index in [1.807, 2.05) is 36.4 Å². The maximum atomic E-state index is 14.3. The molecule has 40 heavy (non-hydrogen) atoms. The van der Waals surface area contributed by atoms with Gasteiger partial charge in [0, 0.05) is 11.5 Å². The smallest absolute Gasteiger partial charge is 0.202 e. The summed E-state index contributed by atoms with van der Waals surface area (Å²) in [7, 11) is 0. The Kier molecular flexibility index (Phi) is 4.52. The summed E-state index contributed by atoms with van der Waals surface area (Å²) in [5.74, 6) is 0. The molecule has 192 valence electrons. The number of hydrogen-bond acceptors (Lipinski definition) is 5. The minimum Gasteiger partial charge on any atom is -0.456 e. The van der Waals surface area contributed by atoms with Gasteiger partial charge in [-0.1, -0.05) is 68.4 Å². The van der Waals surface area contributed by atoms with Gasteiger partial charge in [-0.25, -0.2) is 0 Å². The number of anilines is 3. The SMILES string of the molecule is CC1(C)c2ccccc2N(c2cccc3oc4cc5oc6ccccc6c(=O)c5cc4c(=O)c23)c2ccccc21. The quantitative estimate of drug-likeness (QED) is 0.203. The molecule has 3 heterocycles. The summed E-state index contributed by atoms with van der Waals surface area (Å²) in [6.07, 6.45) is 0. The molecule has 0 saturated carbocycles. The number of nitrogens with zero attached hydrogens (tertiary/aromatic N) is 1. The van der Waals surface area contributed by atoms with Crippen LogP contribution in [-0.2, 0) is 5.41 Å². The van der Waals surface area contributed by atoms with Gasteiger partial charge in [0.05, 0.1) is 38.6 Å². The monoisotopic (exact) mass is 521 g/mol. The first-order valence-corrected chi connectivity index (χ1v) is 13.3. The molecule has 0 bridgehead atoms. The normalized spacial score (nSPS) is 14.1. The highest BCUT2D eigenvalue weighted by atomic mass is 16.3. The van der Waals surface area contributed by atoms with Gasteiger partial charge in [0.1, 0.15) is 22.3 Å². The number of para-hydroxylation sites is 3. The third-order valence-electron chi connectivity index (χ3n) is 8.25. The molecule has 7 aromatic rings. The van der Waals surface area contributed by atoms with Crippen molar-refractivity contribution < 1.29 is 8.83 Å². The van der Waals surface area contributed by atoms with Gasteiger partial charge in [0.2, 0.25) is 10.9 Å². The predicted octanol–water partition coefficient (Wildman–Crippen LogP) is 8.31. The van der Waals surface area contributed by atoms with Crippen molar-refractivity contribution in [2.24, 2.45) is 0 Å². The summed E-state index contributed by atoms with van der Waals surface area (Å²) in [6.45, 7) is 4.46. The summed E-state index contributed by atoms with van der Waals surface area (Å²) in [6, 6.07) is 32.7. The van der Waals surface area contributed by atoms with E-state index in [2.05, 4.69) is 55.1 Å². The van der Waals surface area contributed by atoms with E-state index in [0.717, 1.165) is 17.1 Å². The molecule has 0 aliphatic carbocycles. The van der Waals surface area contributed by atoms with Crippen molar-refractivity contribution in [2.45, 2.75) is 19.3 Å². The molecular formula is C35H23NO4. The summed E-state index contributed by atoms with van der Waals surface area (Å²) in [4.78, 5) is 29.8. The third kappa shape index (κ3) is 2.97. The molecule has 1 aliphatic heterocycles. The topological polar surface area (TPSA) is 63.7 Å². The molecular weight excluding hydrogens is 498 g/mol. The van der Waals surface area contributed by atoms with Gasteiger partial charge >= 0.3 is 0 Å². The molecule has 8 rings (SSSR count). The van der Waals surface area contributed by atoms with E-state index in [0.29, 0.717) is 43.9 Å². The van der Waals surface area contributed by atoms with E-state index < -0.39 is 0 Å². The fourth-order valence-electron chi connectivity index (χ4n) is 6.29. The van der Waals surface area contributed by atoms with E-state index >= 15 is 0 Å². The lowest BCUT2D eigenvalue weighted by Gasteiger charge is -2.42. The van der Waals surface area contributed by atoms with Crippen LogP contribution in [-0.4, -0.2) is 0 Å². The molecule has 0 spiro atoms. The number of hydrogen-bond donors (Lipinski definition) is 0. The number of benzene rings is 5. The Bertz CT molecular complexity index is 2260. The van der Waals surface area contributed by atoms with Gasteiger partial charge in [-0.15, -0.1) is 0 Å². The molecule has 0 fully saturated rings. The minimum absolute atomic E-state index is 0.173. The van der Waals surface area contributed by atoms with Crippen LogP contribution in [0.2, 0.25) is 0 Å². The fraction of sp³-hybridized carbons (Fsp3) is 0.0857. The average molecular weight is 522 g/mol. The van der Waals surface area contributed by atoms with Crippen molar-refractivity contribution in [2.75, 3.05) is 4.90 Å². The Morgan fingerprint density at radius 3 is 1.80 bits per heavy atom. The first-order valence-electron chi connectivity index (χ1n) is 13.3. The fourth-order valence-corrected chi connectivity index (χ4v) is 6.29. The van der Waals surface area contributed by atoms with E-state index in [1.54, 1.807) is 30.3 Å². The molecule has 5 heteroatoms. The lowest BCUT2D eigenvalue weighted by atomic mass is 9.73. The average Bonchev–Trinajstić information content (AvgIpc) is 2.97.